The fraction of sp³-hybridized carbons (Fsp3) is 1.00. The van der Waals surface area contributed by atoms with Gasteiger partial charge in [0, 0.05) is 10.7 Å². The van der Waals surface area contributed by atoms with Crippen molar-refractivity contribution in [1.29, 1.82) is 0 Å². The van der Waals surface area contributed by atoms with Gasteiger partial charge in [0.05, 0.1) is 5.75 Å². The highest BCUT2D eigenvalue weighted by molar-refractivity contribution is 8.13. The van der Waals surface area contributed by atoms with E-state index in [9.17, 15) is 8.42 Å². The van der Waals surface area contributed by atoms with Crippen LogP contribution in [0.5, 0.6) is 0 Å². The van der Waals surface area contributed by atoms with Gasteiger partial charge in [0.15, 0.2) is 0 Å². The summed E-state index contributed by atoms with van der Waals surface area (Å²) < 4.78 is 22.2. The first-order chi connectivity index (χ1) is 5.99. The van der Waals surface area contributed by atoms with E-state index < -0.39 is 9.05 Å². The molecule has 0 N–H and O–H groups in total. The van der Waals surface area contributed by atoms with Crippen LogP contribution >= 0.6 is 10.7 Å². The second-order valence-electron chi connectivity index (χ2n) is 5.14. The van der Waals surface area contributed by atoms with Crippen LogP contribution in [0.1, 0.15) is 25.7 Å². The molecule has 0 heterocycles. The summed E-state index contributed by atoms with van der Waals surface area (Å²) in [4.78, 5) is 0. The largest absolute Gasteiger partial charge is 0.233 e. The van der Waals surface area contributed by atoms with Gasteiger partial charge in [-0.2, -0.15) is 0 Å². The molecular formula is C9H13ClO2S. The molecule has 0 radical (unpaired) electrons. The smallest absolute Gasteiger partial charge is 0.212 e. The summed E-state index contributed by atoms with van der Waals surface area (Å²) in [5.74, 6) is 2.59. The molecule has 0 saturated heterocycles. The molecular weight excluding hydrogens is 208 g/mol. The van der Waals surface area contributed by atoms with Gasteiger partial charge < -0.3 is 0 Å². The standard InChI is InChI=1S/C9H13ClO2S/c10-13(11,12)5-9-3-6-1-8(9)2-7(6)4-9/h6-8H,1-5H2. The van der Waals surface area contributed by atoms with Gasteiger partial charge in [-0.25, -0.2) is 8.42 Å². The molecule has 0 aromatic heterocycles. The van der Waals surface area contributed by atoms with E-state index in [1.807, 2.05) is 0 Å². The van der Waals surface area contributed by atoms with E-state index in [2.05, 4.69) is 0 Å². The van der Waals surface area contributed by atoms with Crippen LogP contribution in [-0.2, 0) is 9.05 Å². The summed E-state index contributed by atoms with van der Waals surface area (Å²) >= 11 is 0. The molecule has 4 rings (SSSR count). The third-order valence-electron chi connectivity index (χ3n) is 4.50. The Morgan fingerprint density at radius 3 is 2.08 bits per heavy atom. The Labute approximate surface area is 83.1 Å². The first kappa shape index (κ1) is 8.54. The zero-order chi connectivity index (χ0) is 9.27. The Morgan fingerprint density at radius 1 is 1.23 bits per heavy atom. The third-order valence-corrected chi connectivity index (χ3v) is 5.75. The maximum absolute atomic E-state index is 11.1. The van der Waals surface area contributed by atoms with Gasteiger partial charge in [0.1, 0.15) is 0 Å². The minimum Gasteiger partial charge on any atom is -0.212 e. The summed E-state index contributed by atoms with van der Waals surface area (Å²) in [5.41, 5.74) is 0.107. The first-order valence-corrected chi connectivity index (χ1v) is 7.39. The van der Waals surface area contributed by atoms with Crippen molar-refractivity contribution >= 4 is 19.7 Å². The molecule has 0 spiro atoms. The molecule has 4 heteroatoms. The van der Waals surface area contributed by atoms with E-state index in [1.165, 1.54) is 12.8 Å². The predicted octanol–water partition coefficient (Wildman–Crippen LogP) is 1.99. The van der Waals surface area contributed by atoms with E-state index in [-0.39, 0.29) is 11.2 Å². The lowest BCUT2D eigenvalue weighted by Gasteiger charge is -2.26. The van der Waals surface area contributed by atoms with Crippen LogP contribution in [0.2, 0.25) is 0 Å². The van der Waals surface area contributed by atoms with Crippen molar-refractivity contribution < 1.29 is 8.42 Å². The molecule has 0 aliphatic heterocycles. The monoisotopic (exact) mass is 220 g/mol. The van der Waals surface area contributed by atoms with Crippen molar-refractivity contribution in [3.63, 3.8) is 0 Å². The molecule has 4 aliphatic carbocycles. The van der Waals surface area contributed by atoms with E-state index in [0.717, 1.165) is 24.7 Å². The predicted molar refractivity (Wildman–Crippen MR) is 51.0 cm³/mol. The van der Waals surface area contributed by atoms with Gasteiger partial charge in [0.2, 0.25) is 9.05 Å². The fourth-order valence-electron chi connectivity index (χ4n) is 4.25. The Hall–Kier alpha value is 0.240. The van der Waals surface area contributed by atoms with Crippen LogP contribution < -0.4 is 0 Å². The van der Waals surface area contributed by atoms with Crippen LogP contribution in [0.25, 0.3) is 0 Å². The highest BCUT2D eigenvalue weighted by Gasteiger charge is 2.63. The minimum absolute atomic E-state index is 0.107. The van der Waals surface area contributed by atoms with E-state index in [4.69, 9.17) is 10.7 Å². The molecule has 74 valence electrons. The van der Waals surface area contributed by atoms with Gasteiger partial charge in [-0.1, -0.05) is 0 Å². The minimum atomic E-state index is -3.29. The lowest BCUT2D eigenvalue weighted by Crippen LogP contribution is -2.27. The first-order valence-electron chi connectivity index (χ1n) is 4.91. The summed E-state index contributed by atoms with van der Waals surface area (Å²) in [7, 11) is 2.07. The number of halogens is 1. The Kier molecular flexibility index (Phi) is 1.48. The summed E-state index contributed by atoms with van der Waals surface area (Å²) in [6.07, 6.45) is 4.82. The molecule has 4 aliphatic rings. The van der Waals surface area contributed by atoms with E-state index >= 15 is 0 Å². The summed E-state index contributed by atoms with van der Waals surface area (Å²) in [6, 6.07) is 0. The SMILES string of the molecule is O=S(=O)(Cl)CC12CC3CC1CC3C2. The van der Waals surface area contributed by atoms with Crippen LogP contribution in [0.3, 0.4) is 0 Å². The van der Waals surface area contributed by atoms with Crippen molar-refractivity contribution in [3.05, 3.63) is 0 Å². The molecule has 0 aromatic rings. The molecule has 4 saturated carbocycles. The van der Waals surface area contributed by atoms with Crippen molar-refractivity contribution in [2.24, 2.45) is 23.2 Å². The molecule has 4 bridgehead atoms. The molecule has 2 nitrogen and oxygen atoms in total. The van der Waals surface area contributed by atoms with Crippen molar-refractivity contribution in [2.45, 2.75) is 25.7 Å². The topological polar surface area (TPSA) is 34.1 Å². The molecule has 0 amide bonds. The lowest BCUT2D eigenvalue weighted by atomic mass is 9.83. The average Bonchev–Trinajstić information content (AvgIpc) is 2.48. The zero-order valence-corrected chi connectivity index (χ0v) is 8.94. The zero-order valence-electron chi connectivity index (χ0n) is 7.37. The fourth-order valence-corrected chi connectivity index (χ4v) is 6.06. The second-order valence-corrected chi connectivity index (χ2v) is 7.92. The molecule has 13 heavy (non-hydrogen) atoms. The van der Waals surface area contributed by atoms with Crippen molar-refractivity contribution in [3.8, 4) is 0 Å². The maximum atomic E-state index is 11.1. The Bertz CT molecular complexity index is 335. The molecule has 4 fully saturated rings. The number of hydrogen-bond acceptors (Lipinski definition) is 2. The van der Waals surface area contributed by atoms with Gasteiger partial charge in [-0.05, 0) is 48.9 Å². The Balaban J connectivity index is 1.92. The van der Waals surface area contributed by atoms with Crippen LogP contribution in [0.4, 0.5) is 0 Å². The highest BCUT2D eigenvalue weighted by Crippen LogP contribution is 2.70. The Morgan fingerprint density at radius 2 is 1.77 bits per heavy atom. The van der Waals surface area contributed by atoms with Gasteiger partial charge >= 0.3 is 0 Å². The quantitative estimate of drug-likeness (QED) is 0.667. The second kappa shape index (κ2) is 2.25. The van der Waals surface area contributed by atoms with Gasteiger partial charge in [-0.15, -0.1) is 0 Å². The number of rotatable bonds is 2. The van der Waals surface area contributed by atoms with Crippen molar-refractivity contribution in [2.75, 3.05) is 5.75 Å². The average molecular weight is 221 g/mol. The van der Waals surface area contributed by atoms with Crippen LogP contribution in [0, 0.1) is 23.2 Å². The van der Waals surface area contributed by atoms with Crippen LogP contribution in [0.15, 0.2) is 0 Å². The third kappa shape index (κ3) is 1.09. The lowest BCUT2D eigenvalue weighted by molar-refractivity contribution is 0.284. The summed E-state index contributed by atoms with van der Waals surface area (Å²) in [5, 5.41) is 0. The van der Waals surface area contributed by atoms with E-state index in [1.54, 1.807) is 0 Å². The molecule has 2 unspecified atom stereocenters. The highest BCUT2D eigenvalue weighted by atomic mass is 35.7. The van der Waals surface area contributed by atoms with Gasteiger partial charge in [0.25, 0.3) is 0 Å². The summed E-state index contributed by atoms with van der Waals surface area (Å²) in [6.45, 7) is 0. The van der Waals surface area contributed by atoms with Crippen LogP contribution in [-0.4, -0.2) is 14.2 Å². The molecule has 0 aromatic carbocycles. The number of hydrogen-bond donors (Lipinski definition) is 0. The molecule has 2 atom stereocenters. The van der Waals surface area contributed by atoms with Crippen molar-refractivity contribution in [1.82, 2.24) is 0 Å². The van der Waals surface area contributed by atoms with E-state index in [0.29, 0.717) is 5.92 Å². The normalized spacial score (nSPS) is 52.2. The van der Waals surface area contributed by atoms with Gasteiger partial charge in [-0.3, -0.25) is 0 Å². The maximum Gasteiger partial charge on any atom is 0.233 e.